The molecule has 0 aliphatic carbocycles. The van der Waals surface area contributed by atoms with Gasteiger partial charge in [-0.3, -0.25) is 5.41 Å². The van der Waals surface area contributed by atoms with E-state index in [0.29, 0.717) is 17.7 Å². The van der Waals surface area contributed by atoms with Gasteiger partial charge in [0, 0.05) is 11.3 Å². The van der Waals surface area contributed by atoms with Gasteiger partial charge in [-0.2, -0.15) is 0 Å². The van der Waals surface area contributed by atoms with Crippen LogP contribution in [0.15, 0.2) is 42.5 Å². The van der Waals surface area contributed by atoms with Crippen LogP contribution in [0.3, 0.4) is 0 Å². The normalized spacial score (nSPS) is 14.1. The molecular weight excluding hydrogens is 268 g/mol. The highest BCUT2D eigenvalue weighted by molar-refractivity contribution is 6.12. The molecule has 0 fully saturated rings. The van der Waals surface area contributed by atoms with Gasteiger partial charge in [-0.25, -0.2) is 0 Å². The van der Waals surface area contributed by atoms with Gasteiger partial charge in [0.15, 0.2) is 0 Å². The van der Waals surface area contributed by atoms with Crippen LogP contribution in [0.1, 0.15) is 61.8 Å². The van der Waals surface area contributed by atoms with E-state index in [9.17, 15) is 0 Å². The predicted molar refractivity (Wildman–Crippen MR) is 94.1 cm³/mol. The summed E-state index contributed by atoms with van der Waals surface area (Å²) in [6.07, 6.45) is 0. The van der Waals surface area contributed by atoms with Crippen molar-refractivity contribution in [2.45, 2.75) is 46.1 Å². The minimum atomic E-state index is 0.449. The molecule has 2 aromatic carbocycles. The Hall–Kier alpha value is -2.09. The molecule has 2 heteroatoms. The summed E-state index contributed by atoms with van der Waals surface area (Å²) in [6, 6.07) is 14.9. The molecule has 0 aromatic heterocycles. The van der Waals surface area contributed by atoms with Gasteiger partial charge in [-0.05, 0) is 28.5 Å². The molecular formula is C20H24N2. The van der Waals surface area contributed by atoms with Gasteiger partial charge in [0.2, 0.25) is 0 Å². The van der Waals surface area contributed by atoms with Crippen LogP contribution in [0.25, 0.3) is 0 Å². The molecule has 22 heavy (non-hydrogen) atoms. The Labute approximate surface area is 133 Å². The lowest BCUT2D eigenvalue weighted by molar-refractivity contribution is 0.821. The van der Waals surface area contributed by atoms with Crippen LogP contribution < -0.4 is 4.90 Å². The first-order chi connectivity index (χ1) is 10.5. The molecule has 2 aromatic rings. The third-order valence-electron chi connectivity index (χ3n) is 4.48. The summed E-state index contributed by atoms with van der Waals surface area (Å²) in [5.41, 5.74) is 6.23. The summed E-state index contributed by atoms with van der Waals surface area (Å²) in [4.78, 5) is 2.19. The zero-order chi connectivity index (χ0) is 15.9. The van der Waals surface area contributed by atoms with Gasteiger partial charge in [0.05, 0.1) is 6.54 Å². The van der Waals surface area contributed by atoms with Crippen molar-refractivity contribution in [3.63, 3.8) is 0 Å². The van der Waals surface area contributed by atoms with E-state index in [1.165, 1.54) is 22.4 Å². The molecule has 0 amide bonds. The quantitative estimate of drug-likeness (QED) is 0.818. The number of hydrogen-bond acceptors (Lipinski definition) is 1. The molecule has 1 N–H and O–H groups in total. The first-order valence-electron chi connectivity index (χ1n) is 8.08. The fraction of sp³-hybridized carbons (Fsp3) is 0.350. The monoisotopic (exact) mass is 292 g/mol. The van der Waals surface area contributed by atoms with Crippen molar-refractivity contribution in [3.05, 3.63) is 64.7 Å². The highest BCUT2D eigenvalue weighted by atomic mass is 15.2. The Morgan fingerprint density at radius 2 is 1.45 bits per heavy atom. The number of hydrogen-bond donors (Lipinski definition) is 1. The maximum Gasteiger partial charge on any atom is 0.133 e. The molecule has 0 saturated heterocycles. The fourth-order valence-electron chi connectivity index (χ4n) is 3.30. The zero-order valence-electron chi connectivity index (χ0n) is 13.9. The van der Waals surface area contributed by atoms with E-state index in [4.69, 9.17) is 5.41 Å². The first kappa shape index (κ1) is 14.8. The molecule has 3 rings (SSSR count). The second-order valence-corrected chi connectivity index (χ2v) is 6.69. The summed E-state index contributed by atoms with van der Waals surface area (Å²) in [7, 11) is 0. The van der Waals surface area contributed by atoms with E-state index in [-0.39, 0.29) is 0 Å². The number of anilines is 1. The number of benzene rings is 2. The van der Waals surface area contributed by atoms with Crippen LogP contribution in [0.5, 0.6) is 0 Å². The Kier molecular flexibility index (Phi) is 3.78. The zero-order valence-corrected chi connectivity index (χ0v) is 13.9. The fourth-order valence-corrected chi connectivity index (χ4v) is 3.30. The van der Waals surface area contributed by atoms with E-state index >= 15 is 0 Å². The van der Waals surface area contributed by atoms with Crippen molar-refractivity contribution in [2.24, 2.45) is 0 Å². The standard InChI is InChI=1S/C20H24N2/c1-13(2)16-10-7-11-17(14(3)4)19(16)22-12-15-8-5-6-9-18(15)20(22)21/h5-11,13-14,21H,12H2,1-4H3. The van der Waals surface area contributed by atoms with Crippen LogP contribution in [0, 0.1) is 5.41 Å². The van der Waals surface area contributed by atoms with Crippen LogP contribution in [-0.4, -0.2) is 5.84 Å². The molecule has 1 heterocycles. The number of para-hydroxylation sites is 1. The molecule has 0 radical (unpaired) electrons. The number of amidine groups is 1. The Bertz CT molecular complexity index is 687. The minimum absolute atomic E-state index is 0.449. The predicted octanol–water partition coefficient (Wildman–Crippen LogP) is 5.28. The smallest absolute Gasteiger partial charge is 0.133 e. The van der Waals surface area contributed by atoms with Crippen LogP contribution in [-0.2, 0) is 6.54 Å². The third-order valence-corrected chi connectivity index (χ3v) is 4.48. The van der Waals surface area contributed by atoms with Crippen molar-refractivity contribution in [3.8, 4) is 0 Å². The molecule has 2 nitrogen and oxygen atoms in total. The highest BCUT2D eigenvalue weighted by Gasteiger charge is 2.29. The molecule has 0 bridgehead atoms. The van der Waals surface area contributed by atoms with E-state index < -0.39 is 0 Å². The van der Waals surface area contributed by atoms with E-state index in [1.807, 2.05) is 6.07 Å². The maximum atomic E-state index is 8.63. The molecule has 1 aliphatic heterocycles. The summed E-state index contributed by atoms with van der Waals surface area (Å²) in [5.74, 6) is 1.53. The second-order valence-electron chi connectivity index (χ2n) is 6.69. The van der Waals surface area contributed by atoms with E-state index in [0.717, 1.165) is 12.1 Å². The maximum absolute atomic E-state index is 8.63. The average molecular weight is 292 g/mol. The Balaban J connectivity index is 2.15. The minimum Gasteiger partial charge on any atom is -0.321 e. The largest absolute Gasteiger partial charge is 0.321 e. The SMILES string of the molecule is CC(C)c1cccc(C(C)C)c1N1Cc2ccccc2C1=N. The summed E-state index contributed by atoms with van der Waals surface area (Å²) < 4.78 is 0. The molecule has 0 atom stereocenters. The van der Waals surface area contributed by atoms with Gasteiger partial charge in [0.1, 0.15) is 5.84 Å². The van der Waals surface area contributed by atoms with Crippen molar-refractivity contribution in [1.29, 1.82) is 5.41 Å². The van der Waals surface area contributed by atoms with Gasteiger partial charge in [-0.1, -0.05) is 70.2 Å². The molecule has 0 unspecified atom stereocenters. The topological polar surface area (TPSA) is 27.1 Å². The van der Waals surface area contributed by atoms with Gasteiger partial charge in [-0.15, -0.1) is 0 Å². The number of nitrogens with zero attached hydrogens (tertiary/aromatic N) is 1. The Morgan fingerprint density at radius 3 is 2.00 bits per heavy atom. The molecule has 1 aliphatic rings. The summed E-state index contributed by atoms with van der Waals surface area (Å²) in [5, 5.41) is 8.63. The van der Waals surface area contributed by atoms with Crippen LogP contribution in [0.2, 0.25) is 0 Å². The first-order valence-corrected chi connectivity index (χ1v) is 8.08. The second kappa shape index (κ2) is 5.60. The molecule has 0 saturated carbocycles. The third kappa shape index (κ3) is 2.33. The number of fused-ring (bicyclic) bond motifs is 1. The van der Waals surface area contributed by atoms with Gasteiger partial charge < -0.3 is 4.90 Å². The summed E-state index contributed by atoms with van der Waals surface area (Å²) >= 11 is 0. The Morgan fingerprint density at radius 1 is 0.864 bits per heavy atom. The number of nitrogens with one attached hydrogen (secondary N) is 1. The van der Waals surface area contributed by atoms with Crippen molar-refractivity contribution < 1.29 is 0 Å². The van der Waals surface area contributed by atoms with Crippen molar-refractivity contribution in [1.82, 2.24) is 0 Å². The van der Waals surface area contributed by atoms with Crippen molar-refractivity contribution in [2.75, 3.05) is 4.90 Å². The van der Waals surface area contributed by atoms with Crippen LogP contribution >= 0.6 is 0 Å². The van der Waals surface area contributed by atoms with Gasteiger partial charge in [0.25, 0.3) is 0 Å². The molecule has 0 spiro atoms. The van der Waals surface area contributed by atoms with Gasteiger partial charge >= 0.3 is 0 Å². The lowest BCUT2D eigenvalue weighted by Gasteiger charge is -2.28. The van der Waals surface area contributed by atoms with E-state index in [1.54, 1.807) is 0 Å². The number of rotatable bonds is 3. The highest BCUT2D eigenvalue weighted by Crippen LogP contribution is 2.39. The van der Waals surface area contributed by atoms with E-state index in [2.05, 4.69) is 69.0 Å². The lowest BCUT2D eigenvalue weighted by atomic mass is 9.92. The van der Waals surface area contributed by atoms with Crippen LogP contribution in [0.4, 0.5) is 5.69 Å². The average Bonchev–Trinajstić information content (AvgIpc) is 2.83. The molecule has 114 valence electrons. The summed E-state index contributed by atoms with van der Waals surface area (Å²) in [6.45, 7) is 9.73. The lowest BCUT2D eigenvalue weighted by Crippen LogP contribution is -2.26. The van der Waals surface area contributed by atoms with Crippen molar-refractivity contribution >= 4 is 11.5 Å².